The highest BCUT2D eigenvalue weighted by atomic mass is 16.4. The van der Waals surface area contributed by atoms with Crippen molar-refractivity contribution in [2.24, 2.45) is 0 Å². The van der Waals surface area contributed by atoms with Crippen LogP contribution in [0.1, 0.15) is 49.8 Å². The Morgan fingerprint density at radius 2 is 1.89 bits per heavy atom. The van der Waals surface area contributed by atoms with Crippen molar-refractivity contribution in [3.8, 4) is 0 Å². The van der Waals surface area contributed by atoms with Crippen molar-refractivity contribution in [2.75, 3.05) is 6.54 Å². The highest BCUT2D eigenvalue weighted by Gasteiger charge is 2.03. The van der Waals surface area contributed by atoms with Crippen molar-refractivity contribution in [2.45, 2.75) is 45.6 Å². The van der Waals surface area contributed by atoms with E-state index in [0.717, 1.165) is 25.8 Å². The zero-order valence-corrected chi connectivity index (χ0v) is 11.3. The third kappa shape index (κ3) is 5.82. The Hall–Kier alpha value is -1.35. The van der Waals surface area contributed by atoms with Crippen molar-refractivity contribution in [3.05, 3.63) is 35.4 Å². The minimum absolute atomic E-state index is 0.285. The van der Waals surface area contributed by atoms with Gasteiger partial charge in [0.25, 0.3) is 0 Å². The number of benzene rings is 1. The van der Waals surface area contributed by atoms with Crippen LogP contribution in [0.4, 0.5) is 0 Å². The second kappa shape index (κ2) is 7.88. The molecule has 0 spiro atoms. The number of carbonyl (C=O) groups is 1. The molecule has 0 amide bonds. The molecule has 1 aromatic carbocycles. The summed E-state index contributed by atoms with van der Waals surface area (Å²) in [6, 6.07) is 8.90. The van der Waals surface area contributed by atoms with Gasteiger partial charge in [0, 0.05) is 12.5 Å². The largest absolute Gasteiger partial charge is 0.481 e. The average Bonchev–Trinajstić information content (AvgIpc) is 2.34. The van der Waals surface area contributed by atoms with Crippen molar-refractivity contribution in [1.29, 1.82) is 0 Å². The van der Waals surface area contributed by atoms with Crippen LogP contribution in [0.25, 0.3) is 0 Å². The molecule has 3 nitrogen and oxygen atoms in total. The lowest BCUT2D eigenvalue weighted by atomic mass is 10.1. The van der Waals surface area contributed by atoms with E-state index in [9.17, 15) is 4.79 Å². The molecule has 0 aliphatic rings. The summed E-state index contributed by atoms with van der Waals surface area (Å²) in [6.07, 6.45) is 3.06. The molecule has 1 rings (SSSR count). The first-order valence-electron chi connectivity index (χ1n) is 6.61. The molecule has 100 valence electrons. The van der Waals surface area contributed by atoms with Gasteiger partial charge in [0.05, 0.1) is 0 Å². The summed E-state index contributed by atoms with van der Waals surface area (Å²) in [5.41, 5.74) is 2.57. The molecule has 0 saturated carbocycles. The summed E-state index contributed by atoms with van der Waals surface area (Å²) in [7, 11) is 0. The summed E-state index contributed by atoms with van der Waals surface area (Å²) in [4.78, 5) is 10.3. The van der Waals surface area contributed by atoms with Crippen molar-refractivity contribution >= 4 is 5.97 Å². The highest BCUT2D eigenvalue weighted by molar-refractivity contribution is 5.66. The summed E-state index contributed by atoms with van der Waals surface area (Å²) in [6.45, 7) is 5.18. The minimum Gasteiger partial charge on any atom is -0.481 e. The van der Waals surface area contributed by atoms with Crippen LogP contribution in [0.2, 0.25) is 0 Å². The van der Waals surface area contributed by atoms with Crippen LogP contribution in [0, 0.1) is 6.92 Å². The Bertz CT molecular complexity index is 359. The maximum absolute atomic E-state index is 10.3. The van der Waals surface area contributed by atoms with E-state index >= 15 is 0 Å². The highest BCUT2D eigenvalue weighted by Crippen LogP contribution is 2.13. The van der Waals surface area contributed by atoms with Gasteiger partial charge in [0.2, 0.25) is 0 Å². The minimum atomic E-state index is -0.698. The van der Waals surface area contributed by atoms with Crippen LogP contribution < -0.4 is 5.32 Å². The fraction of sp³-hybridized carbons (Fsp3) is 0.533. The van der Waals surface area contributed by atoms with Gasteiger partial charge in [-0.05, 0) is 38.8 Å². The smallest absolute Gasteiger partial charge is 0.303 e. The molecule has 2 N–H and O–H groups in total. The standard InChI is InChI=1S/C15H23NO2/c1-12-7-9-14(10-8-12)13(2)16-11-5-3-4-6-15(17)18/h7-10,13,16H,3-6,11H2,1-2H3,(H,17,18)/t13-/m0/s1. The Morgan fingerprint density at radius 1 is 1.22 bits per heavy atom. The van der Waals surface area contributed by atoms with Gasteiger partial charge in [-0.1, -0.05) is 36.2 Å². The second-order valence-electron chi connectivity index (χ2n) is 4.79. The lowest BCUT2D eigenvalue weighted by Crippen LogP contribution is -2.19. The fourth-order valence-electron chi connectivity index (χ4n) is 1.87. The number of unbranched alkanes of at least 4 members (excludes halogenated alkanes) is 2. The number of aliphatic carboxylic acids is 1. The van der Waals surface area contributed by atoms with E-state index in [0.29, 0.717) is 6.04 Å². The van der Waals surface area contributed by atoms with E-state index in [1.54, 1.807) is 0 Å². The third-order valence-electron chi connectivity index (χ3n) is 3.10. The number of nitrogens with one attached hydrogen (secondary N) is 1. The summed E-state index contributed by atoms with van der Waals surface area (Å²) in [5, 5.41) is 12.0. The van der Waals surface area contributed by atoms with Crippen LogP contribution in [0.5, 0.6) is 0 Å². The predicted octanol–water partition coefficient (Wildman–Crippen LogP) is 3.29. The van der Waals surface area contributed by atoms with E-state index < -0.39 is 5.97 Å². The maximum atomic E-state index is 10.3. The molecule has 0 saturated heterocycles. The Morgan fingerprint density at radius 3 is 2.50 bits per heavy atom. The first-order valence-corrected chi connectivity index (χ1v) is 6.61. The summed E-state index contributed by atoms with van der Waals surface area (Å²) >= 11 is 0. The first kappa shape index (κ1) is 14.7. The number of carboxylic acids is 1. The lowest BCUT2D eigenvalue weighted by Gasteiger charge is -2.14. The Balaban J connectivity index is 2.15. The van der Waals surface area contributed by atoms with Gasteiger partial charge in [-0.3, -0.25) is 4.79 Å². The lowest BCUT2D eigenvalue weighted by molar-refractivity contribution is -0.137. The van der Waals surface area contributed by atoms with Crippen LogP contribution in [0.3, 0.4) is 0 Å². The van der Waals surface area contributed by atoms with Gasteiger partial charge in [-0.25, -0.2) is 0 Å². The maximum Gasteiger partial charge on any atom is 0.303 e. The molecule has 0 fully saturated rings. The molecule has 18 heavy (non-hydrogen) atoms. The Kier molecular flexibility index (Phi) is 6.44. The quantitative estimate of drug-likeness (QED) is 0.695. The van der Waals surface area contributed by atoms with Gasteiger partial charge in [0.1, 0.15) is 0 Å². The zero-order valence-electron chi connectivity index (χ0n) is 11.3. The molecule has 0 aliphatic carbocycles. The second-order valence-corrected chi connectivity index (χ2v) is 4.79. The van der Waals surface area contributed by atoms with Crippen LogP contribution in [0.15, 0.2) is 24.3 Å². The summed E-state index contributed by atoms with van der Waals surface area (Å²) in [5.74, 6) is -0.698. The van der Waals surface area contributed by atoms with Gasteiger partial charge in [0.15, 0.2) is 0 Å². The molecular weight excluding hydrogens is 226 g/mol. The first-order chi connectivity index (χ1) is 8.59. The topological polar surface area (TPSA) is 49.3 Å². The van der Waals surface area contributed by atoms with Crippen molar-refractivity contribution in [3.63, 3.8) is 0 Å². The molecular formula is C15H23NO2. The molecule has 1 aromatic rings. The molecule has 0 unspecified atom stereocenters. The van der Waals surface area contributed by atoms with E-state index in [2.05, 4.69) is 43.4 Å². The zero-order chi connectivity index (χ0) is 13.4. The average molecular weight is 249 g/mol. The molecule has 3 heteroatoms. The number of hydrogen-bond acceptors (Lipinski definition) is 2. The molecule has 0 bridgehead atoms. The molecule has 0 radical (unpaired) electrons. The third-order valence-corrected chi connectivity index (χ3v) is 3.10. The molecule has 0 heterocycles. The van der Waals surface area contributed by atoms with Crippen molar-refractivity contribution < 1.29 is 9.90 Å². The van der Waals surface area contributed by atoms with Crippen LogP contribution >= 0.6 is 0 Å². The van der Waals surface area contributed by atoms with Gasteiger partial charge in [-0.2, -0.15) is 0 Å². The summed E-state index contributed by atoms with van der Waals surface area (Å²) < 4.78 is 0. The van der Waals surface area contributed by atoms with E-state index in [-0.39, 0.29) is 6.42 Å². The molecule has 0 aromatic heterocycles. The monoisotopic (exact) mass is 249 g/mol. The number of rotatable bonds is 8. The predicted molar refractivity (Wildman–Crippen MR) is 73.7 cm³/mol. The number of hydrogen-bond donors (Lipinski definition) is 2. The fourth-order valence-corrected chi connectivity index (χ4v) is 1.87. The molecule has 1 atom stereocenters. The van der Waals surface area contributed by atoms with E-state index in [1.807, 2.05) is 0 Å². The van der Waals surface area contributed by atoms with Gasteiger partial charge in [-0.15, -0.1) is 0 Å². The van der Waals surface area contributed by atoms with Crippen molar-refractivity contribution in [1.82, 2.24) is 5.32 Å². The Labute approximate surface area is 109 Å². The van der Waals surface area contributed by atoms with Gasteiger partial charge >= 0.3 is 5.97 Å². The number of aryl methyl sites for hydroxylation is 1. The SMILES string of the molecule is Cc1ccc([C@H](C)NCCCCCC(=O)O)cc1. The van der Waals surface area contributed by atoms with E-state index in [4.69, 9.17) is 5.11 Å². The van der Waals surface area contributed by atoms with Crippen LogP contribution in [-0.4, -0.2) is 17.6 Å². The normalized spacial score (nSPS) is 12.3. The molecule has 0 aliphatic heterocycles. The van der Waals surface area contributed by atoms with Gasteiger partial charge < -0.3 is 10.4 Å². The van der Waals surface area contributed by atoms with E-state index in [1.165, 1.54) is 11.1 Å². The van der Waals surface area contributed by atoms with Crippen LogP contribution in [-0.2, 0) is 4.79 Å². The number of carboxylic acid groups (broad SMARTS) is 1.